The molecule has 106 valence electrons. The number of nitrogens with two attached hydrogens (primary N) is 1. The van der Waals surface area contributed by atoms with E-state index in [0.717, 1.165) is 22.3 Å². The molecule has 0 radical (unpaired) electrons. The molecule has 2 aromatic rings. The van der Waals surface area contributed by atoms with Gasteiger partial charge in [-0.15, -0.1) is 0 Å². The summed E-state index contributed by atoms with van der Waals surface area (Å²) >= 11 is 9.57. The standard InChI is InChI=1S/C15H16BrClN2O/c1-2-7-20-15-9-11(4-5-13(15)18)19-14-6-3-10(16)8-12(14)17/h3-6,8-9,19H,2,7,18H2,1H3. The third-order valence-corrected chi connectivity index (χ3v) is 3.49. The number of nitrogens with one attached hydrogen (secondary N) is 1. The van der Waals surface area contributed by atoms with Crippen LogP contribution in [-0.4, -0.2) is 6.61 Å². The highest BCUT2D eigenvalue weighted by atomic mass is 79.9. The van der Waals surface area contributed by atoms with Gasteiger partial charge >= 0.3 is 0 Å². The molecule has 3 nitrogen and oxygen atoms in total. The second kappa shape index (κ2) is 6.86. The summed E-state index contributed by atoms with van der Waals surface area (Å²) in [6.07, 6.45) is 0.940. The SMILES string of the molecule is CCCOc1cc(Nc2ccc(Br)cc2Cl)ccc1N. The molecule has 2 aromatic carbocycles. The third kappa shape index (κ3) is 3.81. The van der Waals surface area contributed by atoms with Gasteiger partial charge in [-0.3, -0.25) is 0 Å². The van der Waals surface area contributed by atoms with Crippen molar-refractivity contribution in [2.75, 3.05) is 17.7 Å². The quantitative estimate of drug-likeness (QED) is 0.723. The van der Waals surface area contributed by atoms with Crippen LogP contribution >= 0.6 is 27.5 Å². The molecule has 0 aliphatic carbocycles. The predicted octanol–water partition coefficient (Wildman–Crippen LogP) is 5.22. The fourth-order valence-corrected chi connectivity index (χ4v) is 2.42. The molecule has 0 aliphatic heterocycles. The number of anilines is 3. The van der Waals surface area contributed by atoms with Crippen LogP contribution in [0, 0.1) is 0 Å². The lowest BCUT2D eigenvalue weighted by Gasteiger charge is -2.12. The number of rotatable bonds is 5. The molecule has 5 heteroatoms. The van der Waals surface area contributed by atoms with Crippen LogP contribution in [-0.2, 0) is 0 Å². The lowest BCUT2D eigenvalue weighted by Crippen LogP contribution is -2.00. The molecule has 0 saturated heterocycles. The Balaban J connectivity index is 2.20. The van der Waals surface area contributed by atoms with Gasteiger partial charge in [-0.2, -0.15) is 0 Å². The van der Waals surface area contributed by atoms with Crippen LogP contribution in [0.5, 0.6) is 5.75 Å². The van der Waals surface area contributed by atoms with Gasteiger partial charge in [0.15, 0.2) is 0 Å². The molecule has 3 N–H and O–H groups in total. The zero-order chi connectivity index (χ0) is 14.5. The topological polar surface area (TPSA) is 47.3 Å². The molecule has 0 aliphatic rings. The average Bonchev–Trinajstić information content (AvgIpc) is 2.42. The van der Waals surface area contributed by atoms with Crippen molar-refractivity contribution in [2.45, 2.75) is 13.3 Å². The Bertz CT molecular complexity index is 604. The van der Waals surface area contributed by atoms with Crippen molar-refractivity contribution in [3.8, 4) is 5.75 Å². The highest BCUT2D eigenvalue weighted by Crippen LogP contribution is 2.31. The first-order chi connectivity index (χ1) is 9.60. The van der Waals surface area contributed by atoms with E-state index in [1.54, 1.807) is 0 Å². The van der Waals surface area contributed by atoms with Crippen molar-refractivity contribution < 1.29 is 4.74 Å². The van der Waals surface area contributed by atoms with Crippen molar-refractivity contribution in [2.24, 2.45) is 0 Å². The van der Waals surface area contributed by atoms with E-state index in [-0.39, 0.29) is 0 Å². The minimum atomic E-state index is 0.630. The number of hydrogen-bond acceptors (Lipinski definition) is 3. The summed E-state index contributed by atoms with van der Waals surface area (Å²) in [6.45, 7) is 2.70. The molecule has 0 bridgehead atoms. The fourth-order valence-electron chi connectivity index (χ4n) is 1.70. The predicted molar refractivity (Wildman–Crippen MR) is 89.1 cm³/mol. The third-order valence-electron chi connectivity index (χ3n) is 2.69. The Morgan fingerprint density at radius 1 is 1.25 bits per heavy atom. The molecule has 0 heterocycles. The van der Waals surface area contributed by atoms with E-state index in [9.17, 15) is 0 Å². The van der Waals surface area contributed by atoms with Crippen LogP contribution < -0.4 is 15.8 Å². The van der Waals surface area contributed by atoms with E-state index in [2.05, 4.69) is 28.2 Å². The molecular formula is C15H16BrClN2O. The average molecular weight is 356 g/mol. The number of hydrogen-bond donors (Lipinski definition) is 2. The first kappa shape index (κ1) is 15.0. The molecule has 0 aromatic heterocycles. The maximum Gasteiger partial charge on any atom is 0.144 e. The zero-order valence-corrected chi connectivity index (χ0v) is 13.5. The summed E-state index contributed by atoms with van der Waals surface area (Å²) in [7, 11) is 0. The molecule has 0 unspecified atom stereocenters. The Labute approximate surface area is 132 Å². The van der Waals surface area contributed by atoms with Gasteiger partial charge in [-0.25, -0.2) is 0 Å². The molecule has 0 fully saturated rings. The number of halogens is 2. The zero-order valence-electron chi connectivity index (χ0n) is 11.1. The van der Waals surface area contributed by atoms with E-state index < -0.39 is 0 Å². The van der Waals surface area contributed by atoms with Gasteiger partial charge in [0.05, 0.1) is 23.0 Å². The van der Waals surface area contributed by atoms with E-state index in [4.69, 9.17) is 22.1 Å². The van der Waals surface area contributed by atoms with Crippen LogP contribution in [0.15, 0.2) is 40.9 Å². The Hall–Kier alpha value is -1.39. The van der Waals surface area contributed by atoms with E-state index in [0.29, 0.717) is 23.1 Å². The summed E-state index contributed by atoms with van der Waals surface area (Å²) in [5, 5.41) is 3.90. The maximum absolute atomic E-state index is 6.19. The number of benzene rings is 2. The number of nitrogen functional groups attached to an aromatic ring is 1. The van der Waals surface area contributed by atoms with Crippen LogP contribution in [0.25, 0.3) is 0 Å². The minimum absolute atomic E-state index is 0.630. The van der Waals surface area contributed by atoms with Gasteiger partial charge < -0.3 is 15.8 Å². The molecule has 0 saturated carbocycles. The molecule has 20 heavy (non-hydrogen) atoms. The highest BCUT2D eigenvalue weighted by Gasteiger charge is 2.05. The maximum atomic E-state index is 6.19. The van der Waals surface area contributed by atoms with Crippen molar-refractivity contribution in [1.29, 1.82) is 0 Å². The monoisotopic (exact) mass is 354 g/mol. The van der Waals surface area contributed by atoms with Gasteiger partial charge in [-0.05, 0) is 36.8 Å². The van der Waals surface area contributed by atoms with Gasteiger partial charge in [0, 0.05) is 16.2 Å². The Morgan fingerprint density at radius 2 is 2.05 bits per heavy atom. The van der Waals surface area contributed by atoms with Gasteiger partial charge in [0.1, 0.15) is 5.75 Å². The summed E-state index contributed by atoms with van der Waals surface area (Å²) < 4.78 is 6.55. The van der Waals surface area contributed by atoms with Crippen LogP contribution in [0.1, 0.15) is 13.3 Å². The van der Waals surface area contributed by atoms with Gasteiger partial charge in [0.2, 0.25) is 0 Å². The Morgan fingerprint density at radius 3 is 2.75 bits per heavy atom. The minimum Gasteiger partial charge on any atom is -0.491 e. The van der Waals surface area contributed by atoms with Crippen molar-refractivity contribution in [3.63, 3.8) is 0 Å². The van der Waals surface area contributed by atoms with E-state index in [1.807, 2.05) is 36.4 Å². The first-order valence-electron chi connectivity index (χ1n) is 6.34. The van der Waals surface area contributed by atoms with Crippen LogP contribution in [0.3, 0.4) is 0 Å². The van der Waals surface area contributed by atoms with Gasteiger partial charge in [-0.1, -0.05) is 34.5 Å². The lowest BCUT2D eigenvalue weighted by atomic mass is 10.2. The van der Waals surface area contributed by atoms with Crippen molar-refractivity contribution in [1.82, 2.24) is 0 Å². The first-order valence-corrected chi connectivity index (χ1v) is 7.51. The largest absolute Gasteiger partial charge is 0.491 e. The fraction of sp³-hybridized carbons (Fsp3) is 0.200. The number of ether oxygens (including phenoxy) is 1. The van der Waals surface area contributed by atoms with Crippen molar-refractivity contribution in [3.05, 3.63) is 45.9 Å². The molecule has 0 spiro atoms. The van der Waals surface area contributed by atoms with E-state index >= 15 is 0 Å². The van der Waals surface area contributed by atoms with Gasteiger partial charge in [0.25, 0.3) is 0 Å². The van der Waals surface area contributed by atoms with Crippen molar-refractivity contribution >= 4 is 44.6 Å². The molecule has 2 rings (SSSR count). The molecular weight excluding hydrogens is 340 g/mol. The summed E-state index contributed by atoms with van der Waals surface area (Å²) in [4.78, 5) is 0. The summed E-state index contributed by atoms with van der Waals surface area (Å²) in [6, 6.07) is 11.3. The Kier molecular flexibility index (Phi) is 5.15. The van der Waals surface area contributed by atoms with Crippen LogP contribution in [0.4, 0.5) is 17.1 Å². The second-order valence-electron chi connectivity index (χ2n) is 4.35. The van der Waals surface area contributed by atoms with E-state index in [1.165, 1.54) is 0 Å². The highest BCUT2D eigenvalue weighted by molar-refractivity contribution is 9.10. The molecule has 0 atom stereocenters. The second-order valence-corrected chi connectivity index (χ2v) is 5.67. The smallest absolute Gasteiger partial charge is 0.144 e. The molecule has 0 amide bonds. The summed E-state index contributed by atoms with van der Waals surface area (Å²) in [5.74, 6) is 0.685. The summed E-state index contributed by atoms with van der Waals surface area (Å²) in [5.41, 5.74) is 8.24. The van der Waals surface area contributed by atoms with Crippen LogP contribution in [0.2, 0.25) is 5.02 Å². The normalized spacial score (nSPS) is 10.3. The lowest BCUT2D eigenvalue weighted by molar-refractivity contribution is 0.319.